The maximum absolute atomic E-state index is 13.1. The first-order valence-electron chi connectivity index (χ1n) is 12.4. The average molecular weight is 496 g/mol. The molecular formula is C26H30ClN5O3. The molecule has 5 rings (SSSR count). The zero-order valence-corrected chi connectivity index (χ0v) is 20.5. The van der Waals surface area contributed by atoms with Crippen LogP contribution in [0.1, 0.15) is 74.4 Å². The summed E-state index contributed by atoms with van der Waals surface area (Å²) in [6.07, 6.45) is 9.94. The van der Waals surface area contributed by atoms with Crippen molar-refractivity contribution >= 4 is 29.4 Å². The normalized spacial score (nSPS) is 21.2. The number of nitrogens with zero attached hydrogens (tertiary/aromatic N) is 4. The molecule has 0 bridgehead atoms. The molecule has 4 amide bonds. The Balaban J connectivity index is 1.19. The second-order valence-electron chi connectivity index (χ2n) is 9.77. The summed E-state index contributed by atoms with van der Waals surface area (Å²) < 4.78 is 0. The Kier molecular flexibility index (Phi) is 6.73. The standard InChI is InChI=1S/C26H30ClN5O3/c27-19-7-3-6-18(14-19)15-20-16-28-17-21(29-20)22-8-4-12-31(22)23(33)9-5-13-32-24(34)26(30-25(32)35)10-1-2-11-26/h3,6-7,14,16-17,22H,1-2,4-5,8-13,15H2,(H,30,35)/t22-/m1/s1. The van der Waals surface area contributed by atoms with E-state index in [-0.39, 0.29) is 36.9 Å². The highest BCUT2D eigenvalue weighted by Gasteiger charge is 2.52. The number of imide groups is 1. The molecule has 1 aromatic heterocycles. The Bertz CT molecular complexity index is 1130. The van der Waals surface area contributed by atoms with Crippen LogP contribution in [0.4, 0.5) is 4.79 Å². The van der Waals surface area contributed by atoms with E-state index < -0.39 is 5.54 Å². The zero-order valence-electron chi connectivity index (χ0n) is 19.7. The molecule has 1 aliphatic carbocycles. The summed E-state index contributed by atoms with van der Waals surface area (Å²) in [5.41, 5.74) is 2.00. The van der Waals surface area contributed by atoms with E-state index >= 15 is 0 Å². The topological polar surface area (TPSA) is 95.5 Å². The number of urea groups is 1. The minimum Gasteiger partial charge on any atom is -0.334 e. The van der Waals surface area contributed by atoms with Gasteiger partial charge in [-0.2, -0.15) is 0 Å². The van der Waals surface area contributed by atoms with Gasteiger partial charge < -0.3 is 10.2 Å². The first-order chi connectivity index (χ1) is 16.9. The highest BCUT2D eigenvalue weighted by Crippen LogP contribution is 2.35. The summed E-state index contributed by atoms with van der Waals surface area (Å²) in [5, 5.41) is 3.58. The lowest BCUT2D eigenvalue weighted by Gasteiger charge is -2.25. The molecule has 1 spiro atoms. The molecule has 2 aliphatic heterocycles. The Morgan fingerprint density at radius 3 is 2.80 bits per heavy atom. The predicted octanol–water partition coefficient (Wildman–Crippen LogP) is 4.03. The van der Waals surface area contributed by atoms with Crippen LogP contribution in [-0.4, -0.2) is 56.2 Å². The molecule has 0 unspecified atom stereocenters. The molecule has 1 aromatic carbocycles. The van der Waals surface area contributed by atoms with Crippen molar-refractivity contribution in [1.82, 2.24) is 25.1 Å². The van der Waals surface area contributed by atoms with Gasteiger partial charge in [-0.1, -0.05) is 36.6 Å². The number of hydrogen-bond donors (Lipinski definition) is 1. The van der Waals surface area contributed by atoms with Crippen molar-refractivity contribution in [3.8, 4) is 0 Å². The molecule has 3 heterocycles. The first-order valence-corrected chi connectivity index (χ1v) is 12.8. The highest BCUT2D eigenvalue weighted by atomic mass is 35.5. The van der Waals surface area contributed by atoms with Crippen molar-refractivity contribution in [2.75, 3.05) is 13.1 Å². The van der Waals surface area contributed by atoms with E-state index in [1.54, 1.807) is 12.4 Å². The summed E-state index contributed by atoms with van der Waals surface area (Å²) in [6, 6.07) is 7.25. The Labute approximate surface area is 210 Å². The number of likely N-dealkylation sites (tertiary alicyclic amines) is 1. The van der Waals surface area contributed by atoms with E-state index in [0.29, 0.717) is 37.3 Å². The smallest absolute Gasteiger partial charge is 0.325 e. The van der Waals surface area contributed by atoms with Gasteiger partial charge >= 0.3 is 6.03 Å². The van der Waals surface area contributed by atoms with Gasteiger partial charge in [0.2, 0.25) is 5.91 Å². The van der Waals surface area contributed by atoms with Crippen molar-refractivity contribution in [3.63, 3.8) is 0 Å². The van der Waals surface area contributed by atoms with Gasteiger partial charge in [-0.25, -0.2) is 4.79 Å². The lowest BCUT2D eigenvalue weighted by atomic mass is 9.98. The molecule has 1 saturated carbocycles. The number of rotatable bonds is 7. The van der Waals surface area contributed by atoms with Crippen LogP contribution in [0, 0.1) is 0 Å². The molecule has 1 atom stereocenters. The summed E-state index contributed by atoms with van der Waals surface area (Å²) in [7, 11) is 0. The third-order valence-corrected chi connectivity index (χ3v) is 7.60. The monoisotopic (exact) mass is 495 g/mol. The van der Waals surface area contributed by atoms with E-state index in [1.807, 2.05) is 29.2 Å². The Hall–Kier alpha value is -3.00. The fraction of sp³-hybridized carbons (Fsp3) is 0.500. The van der Waals surface area contributed by atoms with Crippen LogP contribution in [0.15, 0.2) is 36.7 Å². The number of hydrogen-bond acceptors (Lipinski definition) is 5. The first kappa shape index (κ1) is 23.7. The van der Waals surface area contributed by atoms with Gasteiger partial charge in [0.1, 0.15) is 5.54 Å². The van der Waals surface area contributed by atoms with Crippen molar-refractivity contribution in [1.29, 1.82) is 0 Å². The van der Waals surface area contributed by atoms with E-state index in [9.17, 15) is 14.4 Å². The molecule has 1 N–H and O–H groups in total. The van der Waals surface area contributed by atoms with E-state index in [4.69, 9.17) is 16.6 Å². The summed E-state index contributed by atoms with van der Waals surface area (Å²) in [5.74, 6) is -0.101. The summed E-state index contributed by atoms with van der Waals surface area (Å²) in [4.78, 5) is 50.6. The second-order valence-corrected chi connectivity index (χ2v) is 10.2. The number of amides is 4. The molecule has 3 aliphatic rings. The second kappa shape index (κ2) is 9.93. The van der Waals surface area contributed by atoms with Gasteiger partial charge in [-0.3, -0.25) is 24.5 Å². The van der Waals surface area contributed by atoms with Crippen molar-refractivity contribution in [2.45, 2.75) is 69.4 Å². The summed E-state index contributed by atoms with van der Waals surface area (Å²) in [6.45, 7) is 0.946. The molecule has 2 aromatic rings. The van der Waals surface area contributed by atoms with Gasteiger partial charge in [0.05, 0.1) is 23.6 Å². The number of carbonyl (C=O) groups is 3. The largest absolute Gasteiger partial charge is 0.334 e. The molecule has 8 nitrogen and oxygen atoms in total. The molecule has 184 valence electrons. The van der Waals surface area contributed by atoms with Crippen molar-refractivity contribution in [3.05, 3.63) is 58.6 Å². The fourth-order valence-electron chi connectivity index (χ4n) is 5.63. The van der Waals surface area contributed by atoms with Crippen LogP contribution < -0.4 is 5.32 Å². The number of nitrogens with one attached hydrogen (secondary N) is 1. The van der Waals surface area contributed by atoms with Gasteiger partial charge in [0, 0.05) is 37.2 Å². The van der Waals surface area contributed by atoms with Crippen molar-refractivity contribution in [2.24, 2.45) is 0 Å². The van der Waals surface area contributed by atoms with Gasteiger partial charge in [-0.15, -0.1) is 0 Å². The molecule has 35 heavy (non-hydrogen) atoms. The van der Waals surface area contributed by atoms with Crippen LogP contribution in [-0.2, 0) is 16.0 Å². The number of halogens is 1. The average Bonchev–Trinajstić information content (AvgIpc) is 3.56. The Morgan fingerprint density at radius 1 is 1.17 bits per heavy atom. The van der Waals surface area contributed by atoms with Crippen LogP contribution >= 0.6 is 11.6 Å². The maximum Gasteiger partial charge on any atom is 0.325 e. The lowest BCUT2D eigenvalue weighted by molar-refractivity contribution is -0.134. The molecule has 9 heteroatoms. The van der Waals surface area contributed by atoms with Crippen LogP contribution in [0.3, 0.4) is 0 Å². The van der Waals surface area contributed by atoms with Gasteiger partial charge in [0.25, 0.3) is 5.91 Å². The van der Waals surface area contributed by atoms with Crippen molar-refractivity contribution < 1.29 is 14.4 Å². The number of aromatic nitrogens is 2. The number of carbonyl (C=O) groups excluding carboxylic acids is 3. The van der Waals surface area contributed by atoms with Gasteiger partial charge in [-0.05, 0) is 49.8 Å². The van der Waals surface area contributed by atoms with Crippen LogP contribution in [0.5, 0.6) is 0 Å². The minimum atomic E-state index is -0.699. The predicted molar refractivity (Wildman–Crippen MR) is 131 cm³/mol. The van der Waals surface area contributed by atoms with Gasteiger partial charge in [0.15, 0.2) is 0 Å². The van der Waals surface area contributed by atoms with E-state index in [2.05, 4.69) is 10.3 Å². The SMILES string of the molecule is O=C1NC2(CCCC2)C(=O)N1CCCC(=O)N1CCC[C@@H]1c1cncc(Cc2cccc(Cl)c2)n1. The van der Waals surface area contributed by atoms with Crippen LogP contribution in [0.25, 0.3) is 0 Å². The fourth-order valence-corrected chi connectivity index (χ4v) is 5.84. The zero-order chi connectivity index (χ0) is 24.4. The highest BCUT2D eigenvalue weighted by molar-refractivity contribution is 6.30. The maximum atomic E-state index is 13.1. The molecule has 3 fully saturated rings. The number of benzene rings is 1. The van der Waals surface area contributed by atoms with E-state index in [1.165, 1.54) is 4.90 Å². The molecule has 2 saturated heterocycles. The Morgan fingerprint density at radius 2 is 2.00 bits per heavy atom. The summed E-state index contributed by atoms with van der Waals surface area (Å²) >= 11 is 6.11. The minimum absolute atomic E-state index is 0.0252. The van der Waals surface area contributed by atoms with Crippen LogP contribution in [0.2, 0.25) is 5.02 Å². The third kappa shape index (κ3) is 4.89. The molecule has 0 radical (unpaired) electrons. The van der Waals surface area contributed by atoms with E-state index in [0.717, 1.165) is 42.6 Å². The third-order valence-electron chi connectivity index (χ3n) is 7.37. The molecular weight excluding hydrogens is 466 g/mol. The lowest BCUT2D eigenvalue weighted by Crippen LogP contribution is -2.44. The quantitative estimate of drug-likeness (QED) is 0.585.